The molecule has 0 radical (unpaired) electrons. The predicted molar refractivity (Wildman–Crippen MR) is 76.5 cm³/mol. The van der Waals surface area contributed by atoms with E-state index in [0.29, 0.717) is 5.92 Å². The van der Waals surface area contributed by atoms with Crippen molar-refractivity contribution in [3.63, 3.8) is 0 Å². The van der Waals surface area contributed by atoms with Crippen molar-refractivity contribution in [2.75, 3.05) is 13.6 Å². The van der Waals surface area contributed by atoms with Crippen molar-refractivity contribution in [1.82, 2.24) is 4.90 Å². The van der Waals surface area contributed by atoms with Gasteiger partial charge in [0.1, 0.15) is 5.54 Å². The van der Waals surface area contributed by atoms with Crippen molar-refractivity contribution >= 4 is 5.97 Å². The number of hydrogen-bond acceptors (Lipinski definition) is 2. The summed E-state index contributed by atoms with van der Waals surface area (Å²) in [4.78, 5) is 13.3. The highest BCUT2D eigenvalue weighted by molar-refractivity contribution is 5.77. The van der Waals surface area contributed by atoms with Gasteiger partial charge in [0, 0.05) is 6.54 Å². The van der Waals surface area contributed by atoms with E-state index < -0.39 is 11.5 Å². The van der Waals surface area contributed by atoms with Gasteiger partial charge in [0.05, 0.1) is 0 Å². The summed E-state index contributed by atoms with van der Waals surface area (Å²) < 4.78 is 0. The summed E-state index contributed by atoms with van der Waals surface area (Å²) in [5, 5.41) is 9.29. The number of carboxylic acid groups (broad SMARTS) is 1. The SMILES string of the molecule is CN(CC1CCCc2ccccc21)C(C)(C)C(=O)O. The van der Waals surface area contributed by atoms with Crippen molar-refractivity contribution in [1.29, 1.82) is 0 Å². The molecule has 19 heavy (non-hydrogen) atoms. The summed E-state index contributed by atoms with van der Waals surface area (Å²) in [7, 11) is 1.91. The quantitative estimate of drug-likeness (QED) is 0.906. The molecule has 0 spiro atoms. The molecule has 1 aliphatic rings. The van der Waals surface area contributed by atoms with E-state index in [1.54, 1.807) is 13.8 Å². The number of rotatable bonds is 4. The molecule has 0 heterocycles. The predicted octanol–water partition coefficient (Wildman–Crippen LogP) is 2.90. The highest BCUT2D eigenvalue weighted by atomic mass is 16.4. The van der Waals surface area contributed by atoms with Crippen LogP contribution in [0.1, 0.15) is 43.7 Å². The van der Waals surface area contributed by atoms with Crippen LogP contribution in [0.4, 0.5) is 0 Å². The van der Waals surface area contributed by atoms with E-state index in [0.717, 1.165) is 19.4 Å². The van der Waals surface area contributed by atoms with Gasteiger partial charge in [-0.1, -0.05) is 24.3 Å². The molecule has 1 aliphatic carbocycles. The van der Waals surface area contributed by atoms with Gasteiger partial charge in [-0.25, -0.2) is 0 Å². The lowest BCUT2D eigenvalue weighted by molar-refractivity contribution is -0.148. The van der Waals surface area contributed by atoms with Crippen LogP contribution < -0.4 is 0 Å². The fourth-order valence-electron chi connectivity index (χ4n) is 2.77. The van der Waals surface area contributed by atoms with Crippen LogP contribution in [0, 0.1) is 0 Å². The minimum atomic E-state index is -0.813. The zero-order valence-electron chi connectivity index (χ0n) is 12.0. The number of nitrogens with zero attached hydrogens (tertiary/aromatic N) is 1. The van der Waals surface area contributed by atoms with Gasteiger partial charge >= 0.3 is 5.97 Å². The Hall–Kier alpha value is -1.35. The molecule has 2 rings (SSSR count). The molecular weight excluding hydrogens is 238 g/mol. The van der Waals surface area contributed by atoms with Crippen LogP contribution in [0.2, 0.25) is 0 Å². The molecule has 0 saturated carbocycles. The molecule has 0 aromatic heterocycles. The zero-order valence-corrected chi connectivity index (χ0v) is 12.0. The summed E-state index contributed by atoms with van der Waals surface area (Å²) >= 11 is 0. The lowest BCUT2D eigenvalue weighted by Gasteiger charge is -2.36. The Morgan fingerprint density at radius 3 is 2.79 bits per heavy atom. The smallest absolute Gasteiger partial charge is 0.323 e. The summed E-state index contributed by atoms with van der Waals surface area (Å²) in [6.45, 7) is 4.34. The van der Waals surface area contributed by atoms with Gasteiger partial charge in [0.15, 0.2) is 0 Å². The minimum absolute atomic E-state index is 0.452. The molecule has 0 saturated heterocycles. The Kier molecular flexibility index (Phi) is 3.95. The van der Waals surface area contributed by atoms with E-state index in [1.165, 1.54) is 17.5 Å². The third-order valence-corrected chi connectivity index (χ3v) is 4.47. The zero-order chi connectivity index (χ0) is 14.0. The average Bonchev–Trinajstić information content (AvgIpc) is 2.39. The Balaban J connectivity index is 2.15. The maximum Gasteiger partial charge on any atom is 0.323 e. The van der Waals surface area contributed by atoms with E-state index in [4.69, 9.17) is 0 Å². The number of benzene rings is 1. The summed E-state index contributed by atoms with van der Waals surface area (Å²) in [6.07, 6.45) is 3.50. The summed E-state index contributed by atoms with van der Waals surface area (Å²) in [6, 6.07) is 8.57. The average molecular weight is 261 g/mol. The van der Waals surface area contributed by atoms with Crippen LogP contribution in [-0.4, -0.2) is 35.1 Å². The second-order valence-corrected chi connectivity index (χ2v) is 6.03. The fourth-order valence-corrected chi connectivity index (χ4v) is 2.77. The van der Waals surface area contributed by atoms with E-state index in [2.05, 4.69) is 24.3 Å². The van der Waals surface area contributed by atoms with Gasteiger partial charge in [-0.15, -0.1) is 0 Å². The fraction of sp³-hybridized carbons (Fsp3) is 0.562. The van der Waals surface area contributed by atoms with E-state index in [1.807, 2.05) is 11.9 Å². The van der Waals surface area contributed by atoms with Crippen molar-refractivity contribution in [2.24, 2.45) is 0 Å². The number of carbonyl (C=O) groups is 1. The molecule has 104 valence electrons. The van der Waals surface area contributed by atoms with Gasteiger partial charge in [0.25, 0.3) is 0 Å². The second kappa shape index (κ2) is 5.33. The molecule has 1 aromatic rings. The Morgan fingerprint density at radius 2 is 2.11 bits per heavy atom. The highest BCUT2D eigenvalue weighted by Gasteiger charge is 2.34. The third-order valence-electron chi connectivity index (χ3n) is 4.47. The molecule has 0 fully saturated rings. The molecule has 1 atom stereocenters. The van der Waals surface area contributed by atoms with Crippen molar-refractivity contribution in [2.45, 2.75) is 44.6 Å². The van der Waals surface area contributed by atoms with Gasteiger partial charge in [-0.3, -0.25) is 9.69 Å². The number of carboxylic acids is 1. The number of aliphatic carboxylic acids is 1. The molecule has 1 aromatic carbocycles. The lowest BCUT2D eigenvalue weighted by atomic mass is 9.82. The summed E-state index contributed by atoms with van der Waals surface area (Å²) in [5.41, 5.74) is 2.02. The lowest BCUT2D eigenvalue weighted by Crippen LogP contribution is -2.49. The largest absolute Gasteiger partial charge is 0.480 e. The molecular formula is C16H23NO2. The van der Waals surface area contributed by atoms with Crippen LogP contribution in [0.25, 0.3) is 0 Å². The van der Waals surface area contributed by atoms with Crippen LogP contribution in [0.5, 0.6) is 0 Å². The maximum atomic E-state index is 11.3. The number of aryl methyl sites for hydroxylation is 1. The maximum absolute atomic E-state index is 11.3. The monoisotopic (exact) mass is 261 g/mol. The molecule has 0 amide bonds. The first-order chi connectivity index (χ1) is 8.93. The molecule has 0 bridgehead atoms. The van der Waals surface area contributed by atoms with Crippen LogP contribution >= 0.6 is 0 Å². The number of hydrogen-bond donors (Lipinski definition) is 1. The number of likely N-dealkylation sites (N-methyl/N-ethyl adjacent to an activating group) is 1. The minimum Gasteiger partial charge on any atom is -0.480 e. The van der Waals surface area contributed by atoms with Gasteiger partial charge in [-0.2, -0.15) is 0 Å². The van der Waals surface area contributed by atoms with Crippen LogP contribution in [0.3, 0.4) is 0 Å². The topological polar surface area (TPSA) is 40.5 Å². The van der Waals surface area contributed by atoms with Crippen LogP contribution in [0.15, 0.2) is 24.3 Å². The summed E-state index contributed by atoms with van der Waals surface area (Å²) in [5.74, 6) is -0.312. The first kappa shape index (κ1) is 14.1. The number of fused-ring (bicyclic) bond motifs is 1. The molecule has 1 N–H and O–H groups in total. The normalized spacial score (nSPS) is 19.3. The van der Waals surface area contributed by atoms with Gasteiger partial charge in [0.2, 0.25) is 0 Å². The first-order valence-corrected chi connectivity index (χ1v) is 6.95. The van der Waals surface area contributed by atoms with E-state index in [9.17, 15) is 9.90 Å². The standard InChI is InChI=1S/C16H23NO2/c1-16(2,15(18)19)17(3)11-13-9-6-8-12-7-4-5-10-14(12)13/h4-5,7,10,13H,6,8-9,11H2,1-3H3,(H,18,19). The van der Waals surface area contributed by atoms with Crippen molar-refractivity contribution in [3.8, 4) is 0 Å². The highest BCUT2D eigenvalue weighted by Crippen LogP contribution is 2.33. The van der Waals surface area contributed by atoms with E-state index >= 15 is 0 Å². The van der Waals surface area contributed by atoms with Gasteiger partial charge < -0.3 is 5.11 Å². The molecule has 0 aliphatic heterocycles. The Labute approximate surface area is 115 Å². The molecule has 3 heteroatoms. The molecule has 1 unspecified atom stereocenters. The van der Waals surface area contributed by atoms with Gasteiger partial charge in [-0.05, 0) is 57.2 Å². The Morgan fingerprint density at radius 1 is 1.42 bits per heavy atom. The van der Waals surface area contributed by atoms with Crippen LogP contribution in [-0.2, 0) is 11.2 Å². The Bertz CT molecular complexity index is 468. The third kappa shape index (κ3) is 2.81. The second-order valence-electron chi connectivity index (χ2n) is 6.03. The first-order valence-electron chi connectivity index (χ1n) is 6.95. The van der Waals surface area contributed by atoms with E-state index in [-0.39, 0.29) is 0 Å². The van der Waals surface area contributed by atoms with Crippen molar-refractivity contribution in [3.05, 3.63) is 35.4 Å². The molecule has 3 nitrogen and oxygen atoms in total. The van der Waals surface area contributed by atoms with Crippen molar-refractivity contribution < 1.29 is 9.90 Å².